The maximum absolute atomic E-state index is 13.2. The van der Waals surface area contributed by atoms with Gasteiger partial charge in [0.05, 0.1) is 11.4 Å². The fourth-order valence-electron chi connectivity index (χ4n) is 3.99. The molecule has 0 aliphatic heterocycles. The number of rotatable bonds is 5. The molecule has 0 radical (unpaired) electrons. The largest absolute Gasteiger partial charge is 0.306 e. The highest BCUT2D eigenvalue weighted by molar-refractivity contribution is 6.30. The Morgan fingerprint density at radius 3 is 2.68 bits per heavy atom. The van der Waals surface area contributed by atoms with Crippen molar-refractivity contribution in [1.29, 1.82) is 0 Å². The molecule has 0 unspecified atom stereocenters. The summed E-state index contributed by atoms with van der Waals surface area (Å²) in [6, 6.07) is 14.7. The van der Waals surface area contributed by atoms with Crippen molar-refractivity contribution in [3.05, 3.63) is 94.0 Å². The van der Waals surface area contributed by atoms with E-state index >= 15 is 0 Å². The predicted octanol–water partition coefficient (Wildman–Crippen LogP) is 5.48. The number of aryl methyl sites for hydroxylation is 1. The molecule has 1 heterocycles. The Balaban J connectivity index is 1.47. The Morgan fingerprint density at radius 2 is 1.93 bits per heavy atom. The molecule has 3 nitrogen and oxygen atoms in total. The number of nitrogens with zero attached hydrogens (tertiary/aromatic N) is 2. The van der Waals surface area contributed by atoms with Crippen LogP contribution in [0.2, 0.25) is 5.02 Å². The number of hydrogen-bond acceptors (Lipinski definition) is 2. The van der Waals surface area contributed by atoms with Crippen LogP contribution < -0.4 is 5.32 Å². The first kappa shape index (κ1) is 18.9. The van der Waals surface area contributed by atoms with Gasteiger partial charge in [-0.2, -0.15) is 5.10 Å². The first-order valence-corrected chi connectivity index (χ1v) is 9.87. The predicted molar refractivity (Wildman–Crippen MR) is 112 cm³/mol. The molecule has 1 aromatic heterocycles. The molecular weight excluding hydrogens is 373 g/mol. The van der Waals surface area contributed by atoms with E-state index in [2.05, 4.69) is 30.5 Å². The van der Waals surface area contributed by atoms with Gasteiger partial charge in [-0.1, -0.05) is 35.9 Å². The van der Waals surface area contributed by atoms with E-state index in [0.29, 0.717) is 12.0 Å². The zero-order valence-corrected chi connectivity index (χ0v) is 16.7. The molecule has 0 amide bonds. The number of benzene rings is 2. The summed E-state index contributed by atoms with van der Waals surface area (Å²) in [5, 5.41) is 9.06. The van der Waals surface area contributed by atoms with Crippen LogP contribution in [0.5, 0.6) is 0 Å². The maximum atomic E-state index is 13.2. The summed E-state index contributed by atoms with van der Waals surface area (Å²) in [7, 11) is 0. The summed E-state index contributed by atoms with van der Waals surface area (Å²) in [6.07, 6.45) is 5.50. The van der Waals surface area contributed by atoms with E-state index in [1.54, 1.807) is 12.1 Å². The Hall–Kier alpha value is -2.43. The summed E-state index contributed by atoms with van der Waals surface area (Å²) < 4.78 is 15.1. The van der Waals surface area contributed by atoms with E-state index in [1.165, 1.54) is 23.3 Å². The minimum atomic E-state index is -0.238. The van der Waals surface area contributed by atoms with Gasteiger partial charge in [0.2, 0.25) is 0 Å². The summed E-state index contributed by atoms with van der Waals surface area (Å²) in [5.74, 6) is 0.0870. The average molecular weight is 396 g/mol. The number of aromatic nitrogens is 2. The normalized spacial score (nSPS) is 18.7. The van der Waals surface area contributed by atoms with E-state index < -0.39 is 0 Å². The van der Waals surface area contributed by atoms with Crippen LogP contribution in [-0.2, 0) is 6.54 Å². The van der Waals surface area contributed by atoms with Crippen molar-refractivity contribution in [2.75, 3.05) is 0 Å². The minimum Gasteiger partial charge on any atom is -0.306 e. The third kappa shape index (κ3) is 3.89. The van der Waals surface area contributed by atoms with Crippen molar-refractivity contribution < 1.29 is 4.39 Å². The van der Waals surface area contributed by atoms with Gasteiger partial charge >= 0.3 is 0 Å². The van der Waals surface area contributed by atoms with Crippen molar-refractivity contribution >= 4 is 11.6 Å². The zero-order chi connectivity index (χ0) is 19.7. The topological polar surface area (TPSA) is 29.9 Å². The third-order valence-electron chi connectivity index (χ3n) is 5.33. The minimum absolute atomic E-state index is 0.238. The second kappa shape index (κ2) is 7.90. The van der Waals surface area contributed by atoms with Gasteiger partial charge in [0.15, 0.2) is 0 Å². The fraction of sp³-hybridized carbons (Fsp3) is 0.261. The summed E-state index contributed by atoms with van der Waals surface area (Å²) in [6.45, 7) is 4.91. The van der Waals surface area contributed by atoms with Gasteiger partial charge in [0, 0.05) is 34.8 Å². The average Bonchev–Trinajstić information content (AvgIpc) is 3.25. The molecule has 0 saturated carbocycles. The lowest BCUT2D eigenvalue weighted by atomic mass is 9.96. The first-order chi connectivity index (χ1) is 13.5. The van der Waals surface area contributed by atoms with Crippen LogP contribution in [0.3, 0.4) is 0 Å². The first-order valence-electron chi connectivity index (χ1n) is 9.49. The quantitative estimate of drug-likeness (QED) is 0.579. The second-order valence-corrected chi connectivity index (χ2v) is 7.75. The van der Waals surface area contributed by atoms with Crippen LogP contribution in [0.4, 0.5) is 4.39 Å². The van der Waals surface area contributed by atoms with Gasteiger partial charge in [0.1, 0.15) is 5.82 Å². The highest BCUT2D eigenvalue weighted by Gasteiger charge is 2.26. The highest BCUT2D eigenvalue weighted by Crippen LogP contribution is 2.34. The molecule has 5 heteroatoms. The van der Waals surface area contributed by atoms with E-state index in [1.807, 2.05) is 29.8 Å². The molecule has 2 aromatic carbocycles. The van der Waals surface area contributed by atoms with E-state index in [-0.39, 0.29) is 5.82 Å². The zero-order valence-electron chi connectivity index (χ0n) is 16.0. The van der Waals surface area contributed by atoms with Crippen molar-refractivity contribution in [2.45, 2.75) is 38.8 Å². The van der Waals surface area contributed by atoms with Crippen molar-refractivity contribution in [2.24, 2.45) is 0 Å². The molecule has 2 atom stereocenters. The Kier molecular flexibility index (Phi) is 5.33. The monoisotopic (exact) mass is 395 g/mol. The van der Waals surface area contributed by atoms with Gasteiger partial charge in [-0.3, -0.25) is 0 Å². The van der Waals surface area contributed by atoms with Gasteiger partial charge in [-0.15, -0.1) is 0 Å². The summed E-state index contributed by atoms with van der Waals surface area (Å²) in [4.78, 5) is 0. The smallest absolute Gasteiger partial charge is 0.123 e. The van der Waals surface area contributed by atoms with Crippen LogP contribution >= 0.6 is 11.6 Å². The van der Waals surface area contributed by atoms with E-state index in [9.17, 15) is 4.39 Å². The molecule has 144 valence electrons. The lowest BCUT2D eigenvalue weighted by Crippen LogP contribution is -2.25. The molecule has 1 aliphatic carbocycles. The number of hydrogen-bond donors (Lipinski definition) is 1. The van der Waals surface area contributed by atoms with Crippen molar-refractivity contribution in [1.82, 2.24) is 15.1 Å². The molecule has 0 spiro atoms. The third-order valence-corrected chi connectivity index (χ3v) is 5.57. The molecule has 4 rings (SSSR count). The van der Waals surface area contributed by atoms with Gasteiger partial charge in [-0.25, -0.2) is 9.07 Å². The lowest BCUT2D eigenvalue weighted by molar-refractivity contribution is 0.559. The van der Waals surface area contributed by atoms with Crippen LogP contribution in [0.15, 0.2) is 60.7 Å². The standard InChI is InChI=1S/C23H23ClFN3/c1-15-23(16(2)28(27-15)22-10-7-20(25)8-11-22)18-6-9-21(13-18)26-14-17-4-3-5-19(24)12-17/h3-12,18,21,26H,13-14H2,1-2H3/t18-,21-/m1/s1. The maximum Gasteiger partial charge on any atom is 0.123 e. The van der Waals surface area contributed by atoms with Crippen LogP contribution in [-0.4, -0.2) is 15.8 Å². The molecule has 3 aromatic rings. The number of allylic oxidation sites excluding steroid dienone is 1. The molecule has 28 heavy (non-hydrogen) atoms. The Bertz CT molecular complexity index is 1010. The highest BCUT2D eigenvalue weighted by atomic mass is 35.5. The molecule has 0 bridgehead atoms. The van der Waals surface area contributed by atoms with Crippen molar-refractivity contribution in [3.8, 4) is 5.69 Å². The molecule has 0 saturated heterocycles. The van der Waals surface area contributed by atoms with Gasteiger partial charge in [0.25, 0.3) is 0 Å². The van der Waals surface area contributed by atoms with E-state index in [0.717, 1.165) is 35.1 Å². The van der Waals surface area contributed by atoms with Crippen LogP contribution in [0, 0.1) is 19.7 Å². The Labute approximate surface area is 169 Å². The molecule has 1 aliphatic rings. The van der Waals surface area contributed by atoms with Crippen LogP contribution in [0.1, 0.15) is 34.9 Å². The summed E-state index contributed by atoms with van der Waals surface area (Å²) >= 11 is 6.07. The Morgan fingerprint density at radius 1 is 1.14 bits per heavy atom. The SMILES string of the molecule is Cc1nn(-c2ccc(F)cc2)c(C)c1[C@@H]1C=C[C@@H](NCc2cccc(Cl)c2)C1. The van der Waals surface area contributed by atoms with Crippen molar-refractivity contribution in [3.63, 3.8) is 0 Å². The number of nitrogens with one attached hydrogen (secondary N) is 1. The number of halogens is 2. The van der Waals surface area contributed by atoms with Crippen LogP contribution in [0.25, 0.3) is 5.69 Å². The fourth-order valence-corrected chi connectivity index (χ4v) is 4.20. The molecular formula is C23H23ClFN3. The van der Waals surface area contributed by atoms with E-state index in [4.69, 9.17) is 16.7 Å². The summed E-state index contributed by atoms with van der Waals surface area (Å²) in [5.41, 5.74) is 5.44. The molecule has 1 N–H and O–H groups in total. The second-order valence-electron chi connectivity index (χ2n) is 7.32. The van der Waals surface area contributed by atoms with Gasteiger partial charge in [-0.05, 0) is 62.2 Å². The lowest BCUT2D eigenvalue weighted by Gasteiger charge is -2.15. The van der Waals surface area contributed by atoms with Gasteiger partial charge < -0.3 is 5.32 Å². The molecule has 0 fully saturated rings.